The Kier molecular flexibility index (Phi) is 7.26. The van der Waals surface area contributed by atoms with E-state index in [4.69, 9.17) is 0 Å². The molecule has 1 amide bonds. The molecule has 0 saturated heterocycles. The fourth-order valence-electron chi connectivity index (χ4n) is 2.68. The second-order valence-electron chi connectivity index (χ2n) is 6.23. The maximum absolute atomic E-state index is 11.6. The Bertz CT molecular complexity index is 413. The van der Waals surface area contributed by atoms with Crippen LogP contribution in [0.15, 0.2) is 16.6 Å². The van der Waals surface area contributed by atoms with Gasteiger partial charge in [-0.3, -0.25) is 9.79 Å². The number of allylic oxidation sites excluding steroid dienone is 1. The van der Waals surface area contributed by atoms with Crippen LogP contribution in [0, 0.1) is 0 Å². The van der Waals surface area contributed by atoms with Gasteiger partial charge in [0.1, 0.15) is 0 Å². The summed E-state index contributed by atoms with van der Waals surface area (Å²) in [6, 6.07) is 0.462. The van der Waals surface area contributed by atoms with E-state index >= 15 is 0 Å². The average Bonchev–Trinajstić information content (AvgIpc) is 3.34. The molecule has 0 aliphatic heterocycles. The van der Waals surface area contributed by atoms with E-state index in [0.29, 0.717) is 12.5 Å². The number of hydrogen-bond acceptors (Lipinski definition) is 2. The smallest absolute Gasteiger partial charge is 0.220 e. The van der Waals surface area contributed by atoms with Gasteiger partial charge in [-0.25, -0.2) is 0 Å². The highest BCUT2D eigenvalue weighted by molar-refractivity contribution is 5.80. The van der Waals surface area contributed by atoms with Gasteiger partial charge < -0.3 is 16.0 Å². The summed E-state index contributed by atoms with van der Waals surface area (Å²) in [5.74, 6) is 1.01. The maximum Gasteiger partial charge on any atom is 0.220 e. The van der Waals surface area contributed by atoms with Crippen LogP contribution in [0.4, 0.5) is 0 Å². The number of rotatable bonds is 8. The summed E-state index contributed by atoms with van der Waals surface area (Å²) in [6.07, 6.45) is 12.4. The van der Waals surface area contributed by atoms with E-state index in [9.17, 15) is 4.79 Å². The van der Waals surface area contributed by atoms with Gasteiger partial charge in [0.2, 0.25) is 5.91 Å². The molecule has 5 heteroatoms. The molecule has 0 unspecified atom stereocenters. The molecular weight excluding hydrogens is 276 g/mol. The fourth-order valence-corrected chi connectivity index (χ4v) is 2.68. The zero-order valence-corrected chi connectivity index (χ0v) is 13.8. The van der Waals surface area contributed by atoms with E-state index in [0.717, 1.165) is 44.7 Å². The maximum atomic E-state index is 11.6. The lowest BCUT2D eigenvalue weighted by molar-refractivity contribution is -0.121. The predicted octanol–water partition coefficient (Wildman–Crippen LogP) is 2.10. The highest BCUT2D eigenvalue weighted by Gasteiger charge is 2.22. The number of nitrogens with one attached hydrogen (secondary N) is 3. The van der Waals surface area contributed by atoms with E-state index in [1.807, 2.05) is 0 Å². The minimum Gasteiger partial charge on any atom is -0.356 e. The second-order valence-corrected chi connectivity index (χ2v) is 6.23. The zero-order chi connectivity index (χ0) is 15.6. The first kappa shape index (κ1) is 16.8. The number of guanidine groups is 1. The molecular formula is C17H30N4O. The van der Waals surface area contributed by atoms with Crippen molar-refractivity contribution in [2.45, 2.75) is 63.8 Å². The predicted molar refractivity (Wildman–Crippen MR) is 90.9 cm³/mol. The summed E-state index contributed by atoms with van der Waals surface area (Å²) in [6.45, 7) is 1.70. The molecule has 2 aliphatic rings. The van der Waals surface area contributed by atoms with Gasteiger partial charge in [-0.15, -0.1) is 0 Å². The molecule has 0 bridgehead atoms. The minimum atomic E-state index is 0.177. The third-order valence-electron chi connectivity index (χ3n) is 4.16. The molecule has 22 heavy (non-hydrogen) atoms. The molecule has 0 spiro atoms. The lowest BCUT2D eigenvalue weighted by Gasteiger charge is -2.15. The molecule has 1 saturated carbocycles. The fraction of sp³-hybridized carbons (Fsp3) is 0.765. The van der Waals surface area contributed by atoms with Gasteiger partial charge in [0.25, 0.3) is 0 Å². The molecule has 0 radical (unpaired) electrons. The molecule has 0 aromatic rings. The summed E-state index contributed by atoms with van der Waals surface area (Å²) in [5.41, 5.74) is 1.57. The van der Waals surface area contributed by atoms with Gasteiger partial charge >= 0.3 is 0 Å². The van der Waals surface area contributed by atoms with Crippen molar-refractivity contribution < 1.29 is 4.79 Å². The average molecular weight is 306 g/mol. The standard InChI is InChI=1S/C17H30N4O/c1-18-17(20-13-11-14-6-3-2-4-7-14)19-12-5-8-16(22)21-15-9-10-15/h6,15H,2-5,7-13H2,1H3,(H,21,22)(H2,18,19,20). The van der Waals surface area contributed by atoms with E-state index < -0.39 is 0 Å². The van der Waals surface area contributed by atoms with Crippen LogP contribution in [0.1, 0.15) is 57.8 Å². The van der Waals surface area contributed by atoms with Crippen LogP contribution >= 0.6 is 0 Å². The van der Waals surface area contributed by atoms with Crippen molar-refractivity contribution in [3.05, 3.63) is 11.6 Å². The van der Waals surface area contributed by atoms with Gasteiger partial charge in [0.15, 0.2) is 5.96 Å². The molecule has 2 aliphatic carbocycles. The van der Waals surface area contributed by atoms with E-state index in [-0.39, 0.29) is 5.91 Å². The summed E-state index contributed by atoms with van der Waals surface area (Å²) >= 11 is 0. The Morgan fingerprint density at radius 3 is 2.77 bits per heavy atom. The molecule has 0 heterocycles. The normalized spacial score (nSPS) is 18.6. The highest BCUT2D eigenvalue weighted by Crippen LogP contribution is 2.19. The van der Waals surface area contributed by atoms with Gasteiger partial charge in [-0.05, 0) is 51.4 Å². The summed E-state index contributed by atoms with van der Waals surface area (Å²) < 4.78 is 0. The Morgan fingerprint density at radius 1 is 1.27 bits per heavy atom. The second kappa shape index (κ2) is 9.49. The molecule has 2 rings (SSSR count). The Hall–Kier alpha value is -1.52. The van der Waals surface area contributed by atoms with Crippen LogP contribution in [0.2, 0.25) is 0 Å². The SMILES string of the molecule is CN=C(NCCCC(=O)NC1CC1)NCCC1=CCCCC1. The molecule has 0 aromatic carbocycles. The molecule has 5 nitrogen and oxygen atoms in total. The molecule has 3 N–H and O–H groups in total. The molecule has 1 fully saturated rings. The van der Waals surface area contributed by atoms with Crippen LogP contribution in [-0.2, 0) is 4.79 Å². The van der Waals surface area contributed by atoms with E-state index in [1.165, 1.54) is 25.7 Å². The third kappa shape index (κ3) is 6.96. The summed E-state index contributed by atoms with van der Waals surface area (Å²) in [5, 5.41) is 9.62. The van der Waals surface area contributed by atoms with Crippen LogP contribution in [0.5, 0.6) is 0 Å². The van der Waals surface area contributed by atoms with Crippen LogP contribution in [-0.4, -0.2) is 38.0 Å². The largest absolute Gasteiger partial charge is 0.356 e. The number of amides is 1. The molecule has 0 aromatic heterocycles. The van der Waals surface area contributed by atoms with Crippen LogP contribution in [0.25, 0.3) is 0 Å². The first-order valence-electron chi connectivity index (χ1n) is 8.69. The monoisotopic (exact) mass is 306 g/mol. The Labute approximate surface area is 134 Å². The number of aliphatic imine (C=N–C) groups is 1. The number of carbonyl (C=O) groups excluding carboxylic acids is 1. The topological polar surface area (TPSA) is 65.5 Å². The quantitative estimate of drug-likeness (QED) is 0.278. The van der Waals surface area contributed by atoms with Crippen molar-refractivity contribution in [1.29, 1.82) is 0 Å². The minimum absolute atomic E-state index is 0.177. The lowest BCUT2D eigenvalue weighted by atomic mass is 9.97. The van der Waals surface area contributed by atoms with Crippen LogP contribution < -0.4 is 16.0 Å². The van der Waals surface area contributed by atoms with Gasteiger partial charge in [0, 0.05) is 32.6 Å². The van der Waals surface area contributed by atoms with Gasteiger partial charge in [-0.2, -0.15) is 0 Å². The summed E-state index contributed by atoms with van der Waals surface area (Å²) in [7, 11) is 1.79. The van der Waals surface area contributed by atoms with Crippen molar-refractivity contribution in [3.63, 3.8) is 0 Å². The van der Waals surface area contributed by atoms with E-state index in [2.05, 4.69) is 27.0 Å². The van der Waals surface area contributed by atoms with Crippen molar-refractivity contribution in [3.8, 4) is 0 Å². The Morgan fingerprint density at radius 2 is 2.09 bits per heavy atom. The van der Waals surface area contributed by atoms with Crippen molar-refractivity contribution >= 4 is 11.9 Å². The molecule has 0 atom stereocenters. The highest BCUT2D eigenvalue weighted by atomic mass is 16.1. The first-order valence-corrected chi connectivity index (χ1v) is 8.69. The Balaban J connectivity index is 1.50. The van der Waals surface area contributed by atoms with Gasteiger partial charge in [-0.1, -0.05) is 11.6 Å². The van der Waals surface area contributed by atoms with Crippen LogP contribution in [0.3, 0.4) is 0 Å². The zero-order valence-electron chi connectivity index (χ0n) is 13.8. The lowest BCUT2D eigenvalue weighted by Crippen LogP contribution is -2.38. The number of carbonyl (C=O) groups is 1. The first-order chi connectivity index (χ1) is 10.8. The van der Waals surface area contributed by atoms with Crippen molar-refractivity contribution in [2.24, 2.45) is 4.99 Å². The third-order valence-corrected chi connectivity index (χ3v) is 4.16. The summed E-state index contributed by atoms with van der Waals surface area (Å²) in [4.78, 5) is 15.8. The van der Waals surface area contributed by atoms with Crippen molar-refractivity contribution in [2.75, 3.05) is 20.1 Å². The number of nitrogens with zero attached hydrogens (tertiary/aromatic N) is 1. The van der Waals surface area contributed by atoms with Gasteiger partial charge in [0.05, 0.1) is 0 Å². The number of hydrogen-bond donors (Lipinski definition) is 3. The van der Waals surface area contributed by atoms with Crippen molar-refractivity contribution in [1.82, 2.24) is 16.0 Å². The molecule has 124 valence electrons. The van der Waals surface area contributed by atoms with E-state index in [1.54, 1.807) is 12.6 Å².